The van der Waals surface area contributed by atoms with Crippen LogP contribution in [0.15, 0.2) is 0 Å². The molecule has 1 saturated heterocycles. The van der Waals surface area contributed by atoms with Crippen molar-refractivity contribution >= 4 is 28.0 Å². The minimum absolute atomic E-state index is 0.204. The molecule has 0 spiro atoms. The summed E-state index contributed by atoms with van der Waals surface area (Å²) in [6, 6.07) is 2.01. The Balaban J connectivity index is 2.14. The number of thiophene rings is 1. The van der Waals surface area contributed by atoms with Crippen molar-refractivity contribution in [1.29, 1.82) is 5.26 Å². The Bertz CT molecular complexity index is 549. The molecule has 3 N–H and O–H groups in total. The highest BCUT2D eigenvalue weighted by Crippen LogP contribution is 2.36. The van der Waals surface area contributed by atoms with E-state index >= 15 is 0 Å². The number of carbonyl (C=O) groups excluding carboxylic acids is 1. The molecule has 0 amide bonds. The van der Waals surface area contributed by atoms with Gasteiger partial charge >= 0.3 is 5.97 Å². The van der Waals surface area contributed by atoms with E-state index in [1.165, 1.54) is 18.4 Å². The van der Waals surface area contributed by atoms with Crippen molar-refractivity contribution in [1.82, 2.24) is 4.90 Å². The molecule has 1 fully saturated rings. The summed E-state index contributed by atoms with van der Waals surface area (Å²) in [5.74, 6) is 0.0330. The second-order valence-electron chi connectivity index (χ2n) is 4.95. The molecule has 2 rings (SSSR count). The van der Waals surface area contributed by atoms with Gasteiger partial charge in [-0.05, 0) is 25.9 Å². The highest BCUT2D eigenvalue weighted by molar-refractivity contribution is 7.17. The van der Waals surface area contributed by atoms with Gasteiger partial charge in [-0.15, -0.1) is 11.3 Å². The number of hydrogen-bond donors (Lipinski definition) is 2. The van der Waals surface area contributed by atoms with Crippen LogP contribution in [-0.4, -0.2) is 44.7 Å². The van der Waals surface area contributed by atoms with Gasteiger partial charge in [0, 0.05) is 13.1 Å². The van der Waals surface area contributed by atoms with Crippen molar-refractivity contribution in [2.45, 2.75) is 6.42 Å². The van der Waals surface area contributed by atoms with Crippen molar-refractivity contribution in [3.63, 3.8) is 0 Å². The summed E-state index contributed by atoms with van der Waals surface area (Å²) < 4.78 is 4.73. The van der Waals surface area contributed by atoms with Gasteiger partial charge in [-0.2, -0.15) is 5.26 Å². The summed E-state index contributed by atoms with van der Waals surface area (Å²) in [5, 5.41) is 12.9. The van der Waals surface area contributed by atoms with Crippen LogP contribution >= 0.6 is 11.3 Å². The number of rotatable bonds is 4. The average molecular weight is 294 g/mol. The molecule has 1 aromatic rings. The molecule has 2 heterocycles. The maximum atomic E-state index is 11.8. The monoisotopic (exact) mass is 294 g/mol. The molecule has 0 radical (unpaired) electrons. The fourth-order valence-corrected chi connectivity index (χ4v) is 3.30. The second kappa shape index (κ2) is 6.11. The van der Waals surface area contributed by atoms with E-state index < -0.39 is 5.97 Å². The SMILES string of the molecule is COC(=O)c1c(NCC2CCN(C)C2)sc(C#N)c1N. The first-order valence-corrected chi connectivity index (χ1v) is 7.21. The Hall–Kier alpha value is -1.78. The molecule has 1 aliphatic heterocycles. The van der Waals surface area contributed by atoms with E-state index in [0.29, 0.717) is 15.8 Å². The van der Waals surface area contributed by atoms with Crippen LogP contribution in [0.1, 0.15) is 21.7 Å². The lowest BCUT2D eigenvalue weighted by molar-refractivity contribution is 0.0603. The van der Waals surface area contributed by atoms with Crippen LogP contribution in [0, 0.1) is 17.2 Å². The van der Waals surface area contributed by atoms with Crippen LogP contribution in [-0.2, 0) is 4.74 Å². The van der Waals surface area contributed by atoms with Gasteiger partial charge in [0.15, 0.2) is 0 Å². The fraction of sp³-hybridized carbons (Fsp3) is 0.538. The van der Waals surface area contributed by atoms with Crippen LogP contribution < -0.4 is 11.1 Å². The van der Waals surface area contributed by atoms with Gasteiger partial charge in [-0.25, -0.2) is 4.79 Å². The molecule has 1 aliphatic rings. The Morgan fingerprint density at radius 2 is 2.45 bits per heavy atom. The summed E-state index contributed by atoms with van der Waals surface area (Å²) in [7, 11) is 3.40. The van der Waals surface area contributed by atoms with Gasteiger partial charge < -0.3 is 20.7 Å². The average Bonchev–Trinajstić information content (AvgIpc) is 2.99. The molecule has 7 heteroatoms. The van der Waals surface area contributed by atoms with Gasteiger partial charge in [0.05, 0.1) is 12.8 Å². The van der Waals surface area contributed by atoms with Crippen LogP contribution in [0.3, 0.4) is 0 Å². The van der Waals surface area contributed by atoms with Crippen LogP contribution in [0.25, 0.3) is 0 Å². The molecule has 0 saturated carbocycles. The minimum atomic E-state index is -0.508. The standard InChI is InChI=1S/C13H18N4O2S/c1-17-4-3-8(7-17)6-16-12-10(13(18)19-2)11(15)9(5-14)20-12/h8,16H,3-4,6-7,15H2,1-2H3. The Morgan fingerprint density at radius 1 is 1.70 bits per heavy atom. The van der Waals surface area contributed by atoms with Crippen molar-refractivity contribution in [2.75, 3.05) is 44.8 Å². The van der Waals surface area contributed by atoms with Crippen LogP contribution in [0.4, 0.5) is 10.7 Å². The normalized spacial score (nSPS) is 18.8. The number of methoxy groups -OCH3 is 1. The maximum Gasteiger partial charge on any atom is 0.343 e. The Labute approximate surface area is 122 Å². The third-order valence-corrected chi connectivity index (χ3v) is 4.54. The van der Waals surface area contributed by atoms with E-state index in [-0.39, 0.29) is 11.3 Å². The predicted molar refractivity (Wildman–Crippen MR) is 78.9 cm³/mol. The maximum absolute atomic E-state index is 11.8. The van der Waals surface area contributed by atoms with Gasteiger partial charge in [-0.3, -0.25) is 0 Å². The fourth-order valence-electron chi connectivity index (χ4n) is 2.39. The topological polar surface area (TPSA) is 91.4 Å². The highest BCUT2D eigenvalue weighted by Gasteiger charge is 2.24. The summed E-state index contributed by atoms with van der Waals surface area (Å²) in [4.78, 5) is 14.4. The van der Waals surface area contributed by atoms with Crippen molar-refractivity contribution in [3.8, 4) is 6.07 Å². The predicted octanol–water partition coefficient (Wildman–Crippen LogP) is 1.35. The van der Waals surface area contributed by atoms with E-state index in [9.17, 15) is 4.79 Å². The summed E-state index contributed by atoms with van der Waals surface area (Å²) in [5.41, 5.74) is 6.32. The number of ether oxygens (including phenoxy) is 1. The number of nitrogen functional groups attached to an aromatic ring is 1. The Kier molecular flexibility index (Phi) is 4.47. The zero-order valence-electron chi connectivity index (χ0n) is 11.6. The number of nitrogens with zero attached hydrogens (tertiary/aromatic N) is 2. The number of hydrogen-bond acceptors (Lipinski definition) is 7. The van der Waals surface area contributed by atoms with E-state index in [4.69, 9.17) is 15.7 Å². The number of nitriles is 1. The molecule has 108 valence electrons. The van der Waals surface area contributed by atoms with Crippen molar-refractivity contribution in [3.05, 3.63) is 10.4 Å². The smallest absolute Gasteiger partial charge is 0.343 e. The van der Waals surface area contributed by atoms with Crippen molar-refractivity contribution < 1.29 is 9.53 Å². The van der Waals surface area contributed by atoms with E-state index in [1.54, 1.807) is 0 Å². The van der Waals surface area contributed by atoms with Crippen LogP contribution in [0.5, 0.6) is 0 Å². The molecule has 1 aromatic heterocycles. The van der Waals surface area contributed by atoms with Gasteiger partial charge in [0.25, 0.3) is 0 Å². The Morgan fingerprint density at radius 3 is 3.00 bits per heavy atom. The summed E-state index contributed by atoms with van der Waals surface area (Å²) in [6.07, 6.45) is 1.13. The zero-order chi connectivity index (χ0) is 14.7. The highest BCUT2D eigenvalue weighted by atomic mass is 32.1. The number of carbonyl (C=O) groups is 1. The zero-order valence-corrected chi connectivity index (χ0v) is 12.4. The van der Waals surface area contributed by atoms with E-state index in [0.717, 1.165) is 26.1 Å². The first-order valence-electron chi connectivity index (χ1n) is 6.39. The second-order valence-corrected chi connectivity index (χ2v) is 5.97. The summed E-state index contributed by atoms with van der Waals surface area (Å²) >= 11 is 1.20. The molecule has 0 aliphatic carbocycles. The molecule has 1 unspecified atom stereocenters. The van der Waals surface area contributed by atoms with Gasteiger partial charge in [0.1, 0.15) is 21.5 Å². The quantitative estimate of drug-likeness (QED) is 0.815. The van der Waals surface area contributed by atoms with Crippen LogP contribution in [0.2, 0.25) is 0 Å². The number of likely N-dealkylation sites (tertiary alicyclic amines) is 1. The summed E-state index contributed by atoms with van der Waals surface area (Å²) in [6.45, 7) is 2.89. The van der Waals surface area contributed by atoms with Gasteiger partial charge in [-0.1, -0.05) is 0 Å². The largest absolute Gasteiger partial charge is 0.465 e. The van der Waals surface area contributed by atoms with E-state index in [2.05, 4.69) is 17.3 Å². The first-order chi connectivity index (χ1) is 9.56. The third kappa shape index (κ3) is 2.86. The number of nitrogens with one attached hydrogen (secondary N) is 1. The lowest BCUT2D eigenvalue weighted by Gasteiger charge is -2.12. The molecular formula is C13H18N4O2S. The van der Waals surface area contributed by atoms with E-state index in [1.807, 2.05) is 6.07 Å². The molecule has 6 nitrogen and oxygen atoms in total. The molecule has 0 bridgehead atoms. The first kappa shape index (κ1) is 14.6. The molecule has 20 heavy (non-hydrogen) atoms. The number of nitrogens with two attached hydrogens (primary N) is 1. The third-order valence-electron chi connectivity index (χ3n) is 3.48. The molecular weight excluding hydrogens is 276 g/mol. The minimum Gasteiger partial charge on any atom is -0.465 e. The number of anilines is 2. The van der Waals surface area contributed by atoms with Gasteiger partial charge in [0.2, 0.25) is 0 Å². The molecule has 0 aromatic carbocycles. The lowest BCUT2D eigenvalue weighted by atomic mass is 10.1. The molecule has 1 atom stereocenters. The number of esters is 1. The van der Waals surface area contributed by atoms with Crippen molar-refractivity contribution in [2.24, 2.45) is 5.92 Å². The lowest BCUT2D eigenvalue weighted by Crippen LogP contribution is -2.19.